The summed E-state index contributed by atoms with van der Waals surface area (Å²) in [7, 11) is 0. The van der Waals surface area contributed by atoms with Gasteiger partial charge >= 0.3 is 0 Å². The summed E-state index contributed by atoms with van der Waals surface area (Å²) in [5, 5.41) is 2.63. The maximum absolute atomic E-state index is 13.2. The Bertz CT molecular complexity index is 460. The maximum atomic E-state index is 13.2. The van der Waals surface area contributed by atoms with Gasteiger partial charge in [0.05, 0.1) is 16.6 Å². The number of anilines is 1. The highest BCUT2D eigenvalue weighted by molar-refractivity contribution is 9.10. The van der Waals surface area contributed by atoms with Crippen molar-refractivity contribution in [3.05, 3.63) is 22.4 Å². The maximum Gasteiger partial charge on any atom is 0.228 e. The average molecular weight is 288 g/mol. The monoisotopic (exact) mass is 287 g/mol. The highest BCUT2D eigenvalue weighted by Gasteiger charge is 2.30. The first-order valence-electron chi connectivity index (χ1n) is 4.85. The Morgan fingerprint density at radius 1 is 1.50 bits per heavy atom. The molecule has 0 unspecified atom stereocenters. The van der Waals surface area contributed by atoms with Crippen LogP contribution in [0.5, 0.6) is 5.75 Å². The second-order valence-electron chi connectivity index (χ2n) is 4.35. The van der Waals surface area contributed by atoms with E-state index in [1.54, 1.807) is 0 Å². The minimum atomic E-state index is -0.602. The van der Waals surface area contributed by atoms with E-state index in [1.165, 1.54) is 12.1 Å². The molecule has 16 heavy (non-hydrogen) atoms. The number of nitrogens with one attached hydrogen (secondary N) is 1. The lowest BCUT2D eigenvalue weighted by Crippen LogP contribution is -2.30. The van der Waals surface area contributed by atoms with Crippen molar-refractivity contribution in [2.45, 2.75) is 25.9 Å². The van der Waals surface area contributed by atoms with Crippen LogP contribution in [0.3, 0.4) is 0 Å². The molecule has 0 aliphatic carbocycles. The van der Waals surface area contributed by atoms with Crippen LogP contribution in [0.4, 0.5) is 10.1 Å². The van der Waals surface area contributed by atoms with Crippen LogP contribution in [0.1, 0.15) is 20.3 Å². The Labute approximate surface area is 101 Å². The largest absolute Gasteiger partial charge is 0.484 e. The first kappa shape index (κ1) is 11.4. The lowest BCUT2D eigenvalue weighted by atomic mass is 10.1. The number of benzene rings is 1. The number of rotatable bonds is 0. The molecule has 3 nitrogen and oxygen atoms in total. The number of ether oxygens (including phenoxy) is 1. The van der Waals surface area contributed by atoms with E-state index >= 15 is 0 Å². The van der Waals surface area contributed by atoms with Crippen LogP contribution in [0.2, 0.25) is 0 Å². The molecule has 5 heteroatoms. The Morgan fingerprint density at radius 3 is 2.88 bits per heavy atom. The lowest BCUT2D eigenvalue weighted by Gasteiger charge is -2.23. The molecular formula is C11H11BrFNO2. The van der Waals surface area contributed by atoms with E-state index in [1.807, 2.05) is 13.8 Å². The van der Waals surface area contributed by atoms with E-state index in [-0.39, 0.29) is 12.3 Å². The van der Waals surface area contributed by atoms with Gasteiger partial charge in [0, 0.05) is 6.07 Å². The zero-order valence-electron chi connectivity index (χ0n) is 8.93. The molecular weight excluding hydrogens is 277 g/mol. The van der Waals surface area contributed by atoms with Gasteiger partial charge in [0.15, 0.2) is 5.75 Å². The van der Waals surface area contributed by atoms with Gasteiger partial charge in [0.25, 0.3) is 0 Å². The molecule has 1 N–H and O–H groups in total. The Morgan fingerprint density at radius 2 is 2.19 bits per heavy atom. The molecule has 1 aliphatic heterocycles. The van der Waals surface area contributed by atoms with Crippen molar-refractivity contribution in [3.8, 4) is 5.75 Å². The second-order valence-corrected chi connectivity index (χ2v) is 5.21. The predicted octanol–water partition coefficient (Wildman–Crippen LogP) is 3.09. The summed E-state index contributed by atoms with van der Waals surface area (Å²) in [6.07, 6.45) is 0.232. The fourth-order valence-corrected chi connectivity index (χ4v) is 2.16. The molecule has 86 valence electrons. The topological polar surface area (TPSA) is 38.3 Å². The number of carbonyl (C=O) groups excluding carboxylic acids is 1. The fraction of sp³-hybridized carbons (Fsp3) is 0.364. The molecule has 0 saturated heterocycles. The van der Waals surface area contributed by atoms with Gasteiger partial charge in [-0.25, -0.2) is 4.39 Å². The Balaban J connectivity index is 2.54. The molecule has 0 bridgehead atoms. The van der Waals surface area contributed by atoms with Crippen molar-refractivity contribution in [1.82, 2.24) is 0 Å². The zero-order valence-corrected chi connectivity index (χ0v) is 10.5. The molecule has 1 aliphatic rings. The third-order valence-electron chi connectivity index (χ3n) is 2.25. The summed E-state index contributed by atoms with van der Waals surface area (Å²) in [5.41, 5.74) is -0.238. The molecule has 1 amide bonds. The van der Waals surface area contributed by atoms with E-state index in [9.17, 15) is 9.18 Å². The standard InChI is InChI=1S/C11H11BrFNO2/c1-11(2)5-9(15)14-8-4-6(13)3-7(12)10(8)16-11/h3-4H,5H2,1-2H3,(H,14,15). The van der Waals surface area contributed by atoms with Crippen LogP contribution in [0, 0.1) is 5.82 Å². The molecule has 1 aromatic rings. The molecule has 0 spiro atoms. The summed E-state index contributed by atoms with van der Waals surface area (Å²) >= 11 is 3.22. The van der Waals surface area contributed by atoms with Crippen molar-refractivity contribution in [2.24, 2.45) is 0 Å². The van der Waals surface area contributed by atoms with Gasteiger partial charge < -0.3 is 10.1 Å². The van der Waals surface area contributed by atoms with E-state index in [2.05, 4.69) is 21.2 Å². The molecule has 0 atom stereocenters. The van der Waals surface area contributed by atoms with Gasteiger partial charge in [-0.05, 0) is 35.8 Å². The van der Waals surface area contributed by atoms with Gasteiger partial charge in [-0.3, -0.25) is 4.79 Å². The SMILES string of the molecule is CC1(C)CC(=O)Nc2cc(F)cc(Br)c2O1. The second kappa shape index (κ2) is 3.73. The van der Waals surface area contributed by atoms with Gasteiger partial charge in [-0.2, -0.15) is 0 Å². The smallest absolute Gasteiger partial charge is 0.228 e. The summed E-state index contributed by atoms with van der Waals surface area (Å²) in [6, 6.07) is 2.56. The molecule has 0 aromatic heterocycles. The lowest BCUT2D eigenvalue weighted by molar-refractivity contribution is -0.118. The summed E-state index contributed by atoms with van der Waals surface area (Å²) in [6.45, 7) is 3.63. The van der Waals surface area contributed by atoms with Gasteiger partial charge in [-0.1, -0.05) is 0 Å². The molecule has 2 rings (SSSR count). The van der Waals surface area contributed by atoms with Crippen LogP contribution in [-0.4, -0.2) is 11.5 Å². The minimum absolute atomic E-state index is 0.179. The van der Waals surface area contributed by atoms with Crippen LogP contribution in [0.15, 0.2) is 16.6 Å². The first-order valence-corrected chi connectivity index (χ1v) is 5.65. The number of carbonyl (C=O) groups is 1. The molecule has 0 radical (unpaired) electrons. The fourth-order valence-electron chi connectivity index (χ4n) is 1.65. The van der Waals surface area contributed by atoms with Crippen molar-refractivity contribution < 1.29 is 13.9 Å². The third kappa shape index (κ3) is 2.19. The van der Waals surface area contributed by atoms with Gasteiger partial charge in [0.1, 0.15) is 11.4 Å². The minimum Gasteiger partial charge on any atom is -0.484 e. The summed E-state index contributed by atoms with van der Waals surface area (Å²) < 4.78 is 19.4. The van der Waals surface area contributed by atoms with E-state index in [0.717, 1.165) is 0 Å². The summed E-state index contributed by atoms with van der Waals surface area (Å²) in [4.78, 5) is 11.6. The normalized spacial score (nSPS) is 18.1. The van der Waals surface area contributed by atoms with Crippen molar-refractivity contribution in [2.75, 3.05) is 5.32 Å². The van der Waals surface area contributed by atoms with E-state index in [0.29, 0.717) is 15.9 Å². The average Bonchev–Trinajstić information content (AvgIpc) is 2.19. The number of amides is 1. The first-order chi connectivity index (χ1) is 7.37. The molecule has 1 heterocycles. The van der Waals surface area contributed by atoms with Crippen LogP contribution in [0.25, 0.3) is 0 Å². The number of hydrogen-bond acceptors (Lipinski definition) is 2. The highest BCUT2D eigenvalue weighted by atomic mass is 79.9. The van der Waals surface area contributed by atoms with Crippen LogP contribution in [-0.2, 0) is 4.79 Å². The van der Waals surface area contributed by atoms with Crippen molar-refractivity contribution in [3.63, 3.8) is 0 Å². The van der Waals surface area contributed by atoms with Crippen molar-refractivity contribution >= 4 is 27.5 Å². The molecule has 0 fully saturated rings. The number of fused-ring (bicyclic) bond motifs is 1. The van der Waals surface area contributed by atoms with Gasteiger partial charge in [-0.15, -0.1) is 0 Å². The van der Waals surface area contributed by atoms with Crippen LogP contribution >= 0.6 is 15.9 Å². The van der Waals surface area contributed by atoms with E-state index in [4.69, 9.17) is 4.74 Å². The Hall–Kier alpha value is -1.10. The van der Waals surface area contributed by atoms with Gasteiger partial charge in [0.2, 0.25) is 5.91 Å². The zero-order chi connectivity index (χ0) is 11.9. The molecule has 0 saturated carbocycles. The third-order valence-corrected chi connectivity index (χ3v) is 2.84. The summed E-state index contributed by atoms with van der Waals surface area (Å²) in [5.74, 6) is -0.132. The number of halogens is 2. The quantitative estimate of drug-likeness (QED) is 0.796. The highest BCUT2D eigenvalue weighted by Crippen LogP contribution is 2.39. The van der Waals surface area contributed by atoms with Crippen LogP contribution < -0.4 is 10.1 Å². The Kier molecular flexibility index (Phi) is 2.66. The van der Waals surface area contributed by atoms with Crippen molar-refractivity contribution in [1.29, 1.82) is 0 Å². The predicted molar refractivity (Wildman–Crippen MR) is 62.1 cm³/mol. The number of hydrogen-bond donors (Lipinski definition) is 1. The van der Waals surface area contributed by atoms with E-state index < -0.39 is 11.4 Å². The molecule has 1 aromatic carbocycles.